The third-order valence-electron chi connectivity index (χ3n) is 4.61. The molecule has 1 heterocycles. The molecule has 1 saturated heterocycles. The Bertz CT molecular complexity index is 906. The summed E-state index contributed by atoms with van der Waals surface area (Å²) in [5.74, 6) is 1.28. The molecule has 1 aliphatic heterocycles. The quantitative estimate of drug-likeness (QED) is 0.602. The van der Waals surface area contributed by atoms with E-state index in [9.17, 15) is 8.42 Å². The second-order valence-electron chi connectivity index (χ2n) is 6.41. The van der Waals surface area contributed by atoms with E-state index in [-0.39, 0.29) is 28.4 Å². The first-order valence-corrected chi connectivity index (χ1v) is 10.8. The second kappa shape index (κ2) is 9.11. The van der Waals surface area contributed by atoms with Crippen molar-refractivity contribution in [2.24, 2.45) is 5.92 Å². The summed E-state index contributed by atoms with van der Waals surface area (Å²) in [5.41, 5.74) is 7.38. The lowest BCUT2D eigenvalue weighted by atomic mass is 9.95. The molecular formula is C19H24ClN3O4S. The van der Waals surface area contributed by atoms with Gasteiger partial charge < -0.3 is 9.47 Å². The van der Waals surface area contributed by atoms with Gasteiger partial charge in [-0.3, -0.25) is 5.43 Å². The van der Waals surface area contributed by atoms with E-state index in [1.54, 1.807) is 0 Å². The highest BCUT2D eigenvalue weighted by Gasteiger charge is 2.29. The molecule has 7 nitrogen and oxygen atoms in total. The van der Waals surface area contributed by atoms with Crippen molar-refractivity contribution in [3.8, 4) is 11.5 Å². The van der Waals surface area contributed by atoms with Crippen LogP contribution in [0, 0.1) is 5.92 Å². The van der Waals surface area contributed by atoms with Crippen LogP contribution >= 0.6 is 11.6 Å². The number of hydrogen-bond acceptors (Lipinski definition) is 6. The van der Waals surface area contributed by atoms with Gasteiger partial charge in [0.05, 0.1) is 29.7 Å². The first-order chi connectivity index (χ1) is 13.4. The third-order valence-corrected chi connectivity index (χ3v) is 6.33. The number of rotatable bonds is 8. The molecule has 2 aromatic rings. The Morgan fingerprint density at radius 3 is 2.61 bits per heavy atom. The molecule has 0 aromatic heterocycles. The fourth-order valence-corrected chi connectivity index (χ4v) is 4.58. The van der Waals surface area contributed by atoms with E-state index in [2.05, 4.69) is 15.6 Å². The number of nitrogens with one attached hydrogen (secondary N) is 3. The fourth-order valence-electron chi connectivity index (χ4n) is 3.13. The van der Waals surface area contributed by atoms with Gasteiger partial charge in [0.25, 0.3) is 0 Å². The number of benzene rings is 2. The average Bonchev–Trinajstić information content (AvgIpc) is 3.16. The van der Waals surface area contributed by atoms with Crippen LogP contribution in [0.25, 0.3) is 0 Å². The van der Waals surface area contributed by atoms with E-state index in [1.807, 2.05) is 31.2 Å². The summed E-state index contributed by atoms with van der Waals surface area (Å²) < 4.78 is 38.5. The average molecular weight is 426 g/mol. The van der Waals surface area contributed by atoms with Crippen molar-refractivity contribution in [1.29, 1.82) is 0 Å². The molecule has 1 aliphatic rings. The summed E-state index contributed by atoms with van der Waals surface area (Å²) in [4.78, 5) is 0.106. The topological polar surface area (TPSA) is 88.7 Å². The Balaban J connectivity index is 1.67. The van der Waals surface area contributed by atoms with Crippen LogP contribution < -0.4 is 25.0 Å². The van der Waals surface area contributed by atoms with Gasteiger partial charge in [0.2, 0.25) is 10.0 Å². The monoisotopic (exact) mass is 425 g/mol. The maximum atomic E-state index is 12.6. The normalized spacial score (nSPS) is 19.5. The van der Waals surface area contributed by atoms with E-state index in [4.69, 9.17) is 21.1 Å². The van der Waals surface area contributed by atoms with Gasteiger partial charge in [-0.15, -0.1) is 0 Å². The van der Waals surface area contributed by atoms with Gasteiger partial charge in [0.1, 0.15) is 11.5 Å². The first kappa shape index (κ1) is 20.9. The van der Waals surface area contributed by atoms with Gasteiger partial charge in [-0.05, 0) is 42.8 Å². The molecule has 1 fully saturated rings. The van der Waals surface area contributed by atoms with Gasteiger partial charge in [-0.2, -0.15) is 0 Å². The van der Waals surface area contributed by atoms with Crippen molar-refractivity contribution >= 4 is 21.6 Å². The van der Waals surface area contributed by atoms with Crippen LogP contribution in [-0.4, -0.2) is 35.2 Å². The van der Waals surface area contributed by atoms with Crippen LogP contribution in [-0.2, 0) is 10.0 Å². The van der Waals surface area contributed by atoms with E-state index < -0.39 is 10.0 Å². The number of hydrogen-bond donors (Lipinski definition) is 3. The maximum Gasteiger partial charge on any atom is 0.240 e. The molecule has 2 unspecified atom stereocenters. The second-order valence-corrected chi connectivity index (χ2v) is 8.59. The standard InChI is InChI=1S/C19H24ClN3O4S/c1-3-27-15-6-4-13(5-7-15)19-14(11-21-23-19)12-22-28(24,25)16-8-9-18(26-2)17(20)10-16/h4-10,14,19,21-23H,3,11-12H2,1-2H3. The van der Waals surface area contributed by atoms with Gasteiger partial charge in [-0.25, -0.2) is 18.6 Å². The van der Waals surface area contributed by atoms with Crippen molar-refractivity contribution in [1.82, 2.24) is 15.6 Å². The Kier molecular flexibility index (Phi) is 6.79. The van der Waals surface area contributed by atoms with Gasteiger partial charge >= 0.3 is 0 Å². The number of halogens is 1. The van der Waals surface area contributed by atoms with Crippen LogP contribution in [0.4, 0.5) is 0 Å². The predicted molar refractivity (Wildman–Crippen MR) is 108 cm³/mol. The lowest BCUT2D eigenvalue weighted by Crippen LogP contribution is -2.32. The largest absolute Gasteiger partial charge is 0.495 e. The molecule has 0 aliphatic carbocycles. The molecule has 0 spiro atoms. The van der Waals surface area contributed by atoms with E-state index in [0.717, 1.165) is 11.3 Å². The first-order valence-electron chi connectivity index (χ1n) is 8.99. The molecule has 152 valence electrons. The van der Waals surface area contributed by atoms with Crippen molar-refractivity contribution in [3.05, 3.63) is 53.1 Å². The molecule has 3 rings (SSSR count). The van der Waals surface area contributed by atoms with Crippen molar-refractivity contribution in [2.45, 2.75) is 17.9 Å². The van der Waals surface area contributed by atoms with Crippen molar-refractivity contribution < 1.29 is 17.9 Å². The zero-order valence-electron chi connectivity index (χ0n) is 15.7. The summed E-state index contributed by atoms with van der Waals surface area (Å²) in [6.45, 7) is 3.48. The van der Waals surface area contributed by atoms with Gasteiger partial charge in [-0.1, -0.05) is 23.7 Å². The molecule has 3 N–H and O–H groups in total. The fraction of sp³-hybridized carbons (Fsp3) is 0.368. The van der Waals surface area contributed by atoms with Crippen LogP contribution in [0.2, 0.25) is 5.02 Å². The minimum Gasteiger partial charge on any atom is -0.495 e. The minimum absolute atomic E-state index is 0.0159. The number of ether oxygens (including phenoxy) is 2. The van der Waals surface area contributed by atoms with Crippen molar-refractivity contribution in [2.75, 3.05) is 26.8 Å². The lowest BCUT2D eigenvalue weighted by molar-refractivity contribution is 0.340. The summed E-state index contributed by atoms with van der Waals surface area (Å²) in [6, 6.07) is 12.2. The molecular weight excluding hydrogens is 402 g/mol. The Hall–Kier alpha value is -1.84. The van der Waals surface area contributed by atoms with Crippen LogP contribution in [0.3, 0.4) is 0 Å². The van der Waals surface area contributed by atoms with Crippen LogP contribution in [0.15, 0.2) is 47.4 Å². The zero-order valence-corrected chi connectivity index (χ0v) is 17.3. The van der Waals surface area contributed by atoms with Crippen LogP contribution in [0.1, 0.15) is 18.5 Å². The molecule has 2 aromatic carbocycles. The smallest absolute Gasteiger partial charge is 0.240 e. The molecule has 0 bridgehead atoms. The Morgan fingerprint density at radius 2 is 1.96 bits per heavy atom. The highest BCUT2D eigenvalue weighted by molar-refractivity contribution is 7.89. The number of hydrazine groups is 1. The highest BCUT2D eigenvalue weighted by atomic mass is 35.5. The SMILES string of the molecule is CCOc1ccc(C2NNCC2CNS(=O)(=O)c2ccc(OC)c(Cl)c2)cc1. The Labute approximate surface area is 170 Å². The zero-order chi connectivity index (χ0) is 20.1. The molecule has 28 heavy (non-hydrogen) atoms. The van der Waals surface area contributed by atoms with Crippen molar-refractivity contribution in [3.63, 3.8) is 0 Å². The third kappa shape index (κ3) is 4.76. The van der Waals surface area contributed by atoms with Gasteiger partial charge in [0, 0.05) is 19.0 Å². The maximum absolute atomic E-state index is 12.6. The van der Waals surface area contributed by atoms with E-state index >= 15 is 0 Å². The minimum atomic E-state index is -3.68. The lowest BCUT2D eigenvalue weighted by Gasteiger charge is -2.20. The number of methoxy groups -OCH3 is 1. The predicted octanol–water partition coefficient (Wildman–Crippen LogP) is 2.49. The van der Waals surface area contributed by atoms with E-state index in [1.165, 1.54) is 25.3 Å². The summed E-state index contributed by atoms with van der Waals surface area (Å²) in [5, 5.41) is 0.252. The summed E-state index contributed by atoms with van der Waals surface area (Å²) in [6.07, 6.45) is 0. The molecule has 0 saturated carbocycles. The summed E-state index contributed by atoms with van der Waals surface area (Å²) in [7, 11) is -2.20. The molecule has 0 amide bonds. The van der Waals surface area contributed by atoms with Gasteiger partial charge in [0.15, 0.2) is 0 Å². The molecule has 0 radical (unpaired) electrons. The molecule has 9 heteroatoms. The number of sulfonamides is 1. The highest BCUT2D eigenvalue weighted by Crippen LogP contribution is 2.28. The van der Waals surface area contributed by atoms with Crippen LogP contribution in [0.5, 0.6) is 11.5 Å². The Morgan fingerprint density at radius 1 is 1.21 bits per heavy atom. The molecule has 2 atom stereocenters. The van der Waals surface area contributed by atoms with E-state index in [0.29, 0.717) is 18.9 Å². The summed E-state index contributed by atoms with van der Waals surface area (Å²) >= 11 is 6.05.